The van der Waals surface area contributed by atoms with E-state index in [1.807, 2.05) is 40.9 Å². The Balaban J connectivity index is 1.61. The molecule has 0 radical (unpaired) electrons. The number of hydrogen-bond acceptors (Lipinski definition) is 6. The Morgan fingerprint density at radius 3 is 2.25 bits per heavy atom. The Kier molecular flexibility index (Phi) is 5.83. The van der Waals surface area contributed by atoms with Crippen molar-refractivity contribution in [3.8, 4) is 11.4 Å². The third kappa shape index (κ3) is 4.09. The number of anilines is 1. The van der Waals surface area contributed by atoms with Crippen molar-refractivity contribution in [1.82, 2.24) is 24.5 Å². The van der Waals surface area contributed by atoms with Gasteiger partial charge in [-0.25, -0.2) is 4.98 Å². The summed E-state index contributed by atoms with van der Waals surface area (Å²) in [7, 11) is 0. The van der Waals surface area contributed by atoms with Crippen LogP contribution in [0.15, 0.2) is 60.7 Å². The Hall–Kier alpha value is -3.29. The number of aromatic nitrogens is 4. The van der Waals surface area contributed by atoms with Crippen molar-refractivity contribution >= 4 is 11.6 Å². The van der Waals surface area contributed by atoms with E-state index in [0.717, 1.165) is 56.2 Å². The lowest BCUT2D eigenvalue weighted by Crippen LogP contribution is -2.48. The standard InChI is InChI=1S/C25H28N6O/c1-19-22(18-20-8-4-2-5-9-20)24(30-14-12-29(13-15-30)16-17-32)31-25(26-19)27-23(28-31)21-10-6-3-7-11-21/h2-11,32H,12-18H2,1H3. The van der Waals surface area contributed by atoms with Crippen molar-refractivity contribution in [2.45, 2.75) is 13.3 Å². The Morgan fingerprint density at radius 2 is 1.56 bits per heavy atom. The molecule has 1 fully saturated rings. The van der Waals surface area contributed by atoms with Gasteiger partial charge in [0.15, 0.2) is 5.82 Å². The molecule has 0 atom stereocenters. The Morgan fingerprint density at radius 1 is 0.875 bits per heavy atom. The fourth-order valence-electron chi connectivity index (χ4n) is 4.39. The van der Waals surface area contributed by atoms with Crippen LogP contribution in [-0.4, -0.2) is 68.9 Å². The van der Waals surface area contributed by atoms with Gasteiger partial charge in [-0.2, -0.15) is 9.50 Å². The number of nitrogens with zero attached hydrogens (tertiary/aromatic N) is 6. The zero-order chi connectivity index (χ0) is 21.9. The maximum Gasteiger partial charge on any atom is 0.254 e. The number of aliphatic hydroxyl groups is 1. The molecule has 32 heavy (non-hydrogen) atoms. The highest BCUT2D eigenvalue weighted by molar-refractivity contribution is 5.61. The predicted molar refractivity (Wildman–Crippen MR) is 126 cm³/mol. The van der Waals surface area contributed by atoms with Gasteiger partial charge >= 0.3 is 0 Å². The van der Waals surface area contributed by atoms with E-state index < -0.39 is 0 Å². The molecule has 1 aliphatic rings. The van der Waals surface area contributed by atoms with Crippen LogP contribution in [0.25, 0.3) is 17.2 Å². The van der Waals surface area contributed by atoms with Gasteiger partial charge in [0.05, 0.1) is 6.61 Å². The summed E-state index contributed by atoms with van der Waals surface area (Å²) in [4.78, 5) is 14.3. The van der Waals surface area contributed by atoms with Gasteiger partial charge in [0.2, 0.25) is 0 Å². The van der Waals surface area contributed by atoms with Gasteiger partial charge < -0.3 is 10.0 Å². The number of rotatable bonds is 6. The molecule has 1 aliphatic heterocycles. The van der Waals surface area contributed by atoms with E-state index >= 15 is 0 Å². The van der Waals surface area contributed by atoms with Crippen LogP contribution in [0.1, 0.15) is 16.8 Å². The first-order chi connectivity index (χ1) is 15.7. The van der Waals surface area contributed by atoms with Crippen LogP contribution in [0.4, 0.5) is 5.82 Å². The van der Waals surface area contributed by atoms with E-state index in [-0.39, 0.29) is 6.61 Å². The first kappa shape index (κ1) is 20.6. The van der Waals surface area contributed by atoms with Crippen LogP contribution in [0, 0.1) is 6.92 Å². The van der Waals surface area contributed by atoms with Crippen LogP contribution in [0.3, 0.4) is 0 Å². The Labute approximate surface area is 188 Å². The number of hydrogen-bond donors (Lipinski definition) is 1. The van der Waals surface area contributed by atoms with Crippen molar-refractivity contribution in [2.24, 2.45) is 0 Å². The van der Waals surface area contributed by atoms with Gasteiger partial charge in [-0.05, 0) is 12.5 Å². The SMILES string of the molecule is Cc1nc2nc(-c3ccccc3)nn2c(N2CCN(CCO)CC2)c1Cc1ccccc1. The summed E-state index contributed by atoms with van der Waals surface area (Å²) >= 11 is 0. The predicted octanol–water partition coefficient (Wildman–Crippen LogP) is 2.80. The third-order valence-electron chi connectivity index (χ3n) is 6.11. The largest absolute Gasteiger partial charge is 0.395 e. The fourth-order valence-corrected chi connectivity index (χ4v) is 4.39. The number of piperazine rings is 1. The van der Waals surface area contributed by atoms with E-state index in [2.05, 4.69) is 41.0 Å². The van der Waals surface area contributed by atoms with Crippen LogP contribution in [-0.2, 0) is 6.42 Å². The minimum Gasteiger partial charge on any atom is -0.395 e. The van der Waals surface area contributed by atoms with Crippen molar-refractivity contribution in [2.75, 3.05) is 44.2 Å². The van der Waals surface area contributed by atoms with E-state index in [0.29, 0.717) is 11.6 Å². The highest BCUT2D eigenvalue weighted by Gasteiger charge is 2.25. The molecule has 5 rings (SSSR count). The van der Waals surface area contributed by atoms with Crippen LogP contribution in [0.2, 0.25) is 0 Å². The van der Waals surface area contributed by atoms with Crippen LogP contribution >= 0.6 is 0 Å². The van der Waals surface area contributed by atoms with Gasteiger partial charge in [-0.3, -0.25) is 4.90 Å². The Bertz CT molecular complexity index is 1180. The second-order valence-electron chi connectivity index (χ2n) is 8.23. The molecule has 7 nitrogen and oxygen atoms in total. The van der Waals surface area contributed by atoms with Crippen molar-refractivity contribution in [1.29, 1.82) is 0 Å². The molecule has 2 aromatic carbocycles. The number of aliphatic hydroxyl groups excluding tert-OH is 1. The highest BCUT2D eigenvalue weighted by Crippen LogP contribution is 2.28. The third-order valence-corrected chi connectivity index (χ3v) is 6.11. The zero-order valence-electron chi connectivity index (χ0n) is 18.4. The first-order valence-corrected chi connectivity index (χ1v) is 11.2. The van der Waals surface area contributed by atoms with Gasteiger partial charge in [-0.1, -0.05) is 60.7 Å². The summed E-state index contributed by atoms with van der Waals surface area (Å²) in [5, 5.41) is 14.2. The minimum atomic E-state index is 0.196. The quantitative estimate of drug-likeness (QED) is 0.509. The molecule has 0 unspecified atom stereocenters. The second kappa shape index (κ2) is 9.06. The maximum atomic E-state index is 9.31. The van der Waals surface area contributed by atoms with Gasteiger partial charge in [0.1, 0.15) is 5.82 Å². The average Bonchev–Trinajstić information content (AvgIpc) is 3.25. The van der Waals surface area contributed by atoms with Gasteiger partial charge in [-0.15, -0.1) is 5.10 Å². The second-order valence-corrected chi connectivity index (χ2v) is 8.23. The summed E-state index contributed by atoms with van der Waals surface area (Å²) in [5.74, 6) is 2.40. The molecule has 3 heterocycles. The molecule has 0 bridgehead atoms. The molecule has 7 heteroatoms. The average molecular weight is 429 g/mol. The molecule has 164 valence electrons. The molecular weight excluding hydrogens is 400 g/mol. The number of aryl methyl sites for hydroxylation is 1. The van der Waals surface area contributed by atoms with E-state index in [1.54, 1.807) is 0 Å². The number of β-amino-alcohol motifs (C(OH)–C–C–N with tert-alkyl or cyclic N) is 1. The first-order valence-electron chi connectivity index (χ1n) is 11.2. The van der Waals surface area contributed by atoms with Gasteiger partial charge in [0.25, 0.3) is 5.78 Å². The molecule has 1 saturated heterocycles. The molecule has 0 amide bonds. The summed E-state index contributed by atoms with van der Waals surface area (Å²) in [6.45, 7) is 6.56. The molecular formula is C25H28N6O. The topological polar surface area (TPSA) is 69.8 Å². The van der Waals surface area contributed by atoms with Gasteiger partial charge in [0, 0.05) is 56.0 Å². The zero-order valence-corrected chi connectivity index (χ0v) is 18.4. The smallest absolute Gasteiger partial charge is 0.254 e. The lowest BCUT2D eigenvalue weighted by atomic mass is 10.0. The van der Waals surface area contributed by atoms with Crippen molar-refractivity contribution in [3.05, 3.63) is 77.5 Å². The summed E-state index contributed by atoms with van der Waals surface area (Å²) < 4.78 is 1.93. The lowest BCUT2D eigenvalue weighted by molar-refractivity contribution is 0.188. The lowest BCUT2D eigenvalue weighted by Gasteiger charge is -2.36. The molecule has 4 aromatic rings. The summed E-state index contributed by atoms with van der Waals surface area (Å²) in [6, 6.07) is 20.6. The monoisotopic (exact) mass is 428 g/mol. The molecule has 2 aromatic heterocycles. The minimum absolute atomic E-state index is 0.196. The van der Waals surface area contributed by atoms with E-state index in [9.17, 15) is 5.11 Å². The molecule has 0 aliphatic carbocycles. The summed E-state index contributed by atoms with van der Waals surface area (Å²) in [6.07, 6.45) is 0.794. The van der Waals surface area contributed by atoms with E-state index in [4.69, 9.17) is 15.1 Å². The molecule has 0 spiro atoms. The fraction of sp³-hybridized carbons (Fsp3) is 0.320. The molecule has 1 N–H and O–H groups in total. The summed E-state index contributed by atoms with van der Waals surface area (Å²) in [5.41, 5.74) is 4.41. The molecule has 0 saturated carbocycles. The van der Waals surface area contributed by atoms with Crippen LogP contribution in [0.5, 0.6) is 0 Å². The van der Waals surface area contributed by atoms with Crippen molar-refractivity contribution < 1.29 is 5.11 Å². The highest BCUT2D eigenvalue weighted by atomic mass is 16.3. The van der Waals surface area contributed by atoms with Crippen molar-refractivity contribution in [3.63, 3.8) is 0 Å². The van der Waals surface area contributed by atoms with Crippen LogP contribution < -0.4 is 4.90 Å². The normalized spacial score (nSPS) is 14.9. The number of benzene rings is 2. The maximum absolute atomic E-state index is 9.31. The van der Waals surface area contributed by atoms with E-state index in [1.165, 1.54) is 11.1 Å². The number of fused-ring (bicyclic) bond motifs is 1.